The highest BCUT2D eigenvalue weighted by Crippen LogP contribution is 2.26. The van der Waals surface area contributed by atoms with Crippen molar-refractivity contribution in [2.75, 3.05) is 13.7 Å². The van der Waals surface area contributed by atoms with Gasteiger partial charge in [-0.3, -0.25) is 0 Å². The number of ether oxygens (including phenoxy) is 1. The van der Waals surface area contributed by atoms with Crippen LogP contribution in [-0.2, 0) is 6.54 Å². The summed E-state index contributed by atoms with van der Waals surface area (Å²) in [5.74, 6) is 0.551. The average Bonchev–Trinajstić information content (AvgIpc) is 2.48. The summed E-state index contributed by atoms with van der Waals surface area (Å²) in [6, 6.07) is 12.3. The molecule has 0 saturated carbocycles. The summed E-state index contributed by atoms with van der Waals surface area (Å²) >= 11 is 5.81. The number of hydrogen-bond donors (Lipinski definition) is 3. The van der Waals surface area contributed by atoms with E-state index >= 15 is 0 Å². The van der Waals surface area contributed by atoms with Gasteiger partial charge in [0.05, 0.1) is 13.2 Å². The lowest BCUT2D eigenvalue weighted by Gasteiger charge is -2.13. The van der Waals surface area contributed by atoms with E-state index in [9.17, 15) is 10.2 Å². The van der Waals surface area contributed by atoms with Crippen molar-refractivity contribution in [3.63, 3.8) is 0 Å². The van der Waals surface area contributed by atoms with Gasteiger partial charge in [-0.25, -0.2) is 0 Å². The van der Waals surface area contributed by atoms with Crippen LogP contribution in [0.5, 0.6) is 11.5 Å². The third kappa shape index (κ3) is 4.36. The first kappa shape index (κ1) is 15.6. The molecule has 0 heterocycles. The minimum Gasteiger partial charge on any atom is -0.504 e. The largest absolute Gasteiger partial charge is 0.504 e. The molecular formula is C16H18ClNO3. The van der Waals surface area contributed by atoms with Gasteiger partial charge in [0.25, 0.3) is 0 Å². The van der Waals surface area contributed by atoms with Gasteiger partial charge in [-0.1, -0.05) is 29.8 Å². The van der Waals surface area contributed by atoms with Crippen molar-refractivity contribution >= 4 is 11.6 Å². The van der Waals surface area contributed by atoms with E-state index in [1.165, 1.54) is 7.11 Å². The lowest BCUT2D eigenvalue weighted by molar-refractivity contribution is 0.174. The van der Waals surface area contributed by atoms with E-state index in [1.54, 1.807) is 36.4 Å². The van der Waals surface area contributed by atoms with Crippen molar-refractivity contribution in [2.45, 2.75) is 12.6 Å². The van der Waals surface area contributed by atoms with E-state index in [0.29, 0.717) is 23.9 Å². The van der Waals surface area contributed by atoms with E-state index in [2.05, 4.69) is 5.32 Å². The Morgan fingerprint density at radius 3 is 2.52 bits per heavy atom. The molecule has 0 aliphatic carbocycles. The fourth-order valence-corrected chi connectivity index (χ4v) is 2.13. The van der Waals surface area contributed by atoms with Crippen LogP contribution in [0.4, 0.5) is 0 Å². The Morgan fingerprint density at radius 1 is 1.19 bits per heavy atom. The molecule has 0 aliphatic heterocycles. The molecule has 4 nitrogen and oxygen atoms in total. The number of phenolic OH excluding ortho intramolecular Hbond substituents is 1. The first-order valence-corrected chi connectivity index (χ1v) is 6.98. The lowest BCUT2D eigenvalue weighted by Crippen LogP contribution is -2.21. The fraction of sp³-hybridized carbons (Fsp3) is 0.250. The molecule has 2 aromatic rings. The van der Waals surface area contributed by atoms with Crippen LogP contribution >= 0.6 is 11.6 Å². The van der Waals surface area contributed by atoms with Crippen molar-refractivity contribution in [1.29, 1.82) is 0 Å². The van der Waals surface area contributed by atoms with Gasteiger partial charge in [0.15, 0.2) is 11.5 Å². The third-order valence-corrected chi connectivity index (χ3v) is 3.42. The van der Waals surface area contributed by atoms with Crippen LogP contribution in [0, 0.1) is 0 Å². The van der Waals surface area contributed by atoms with E-state index in [-0.39, 0.29) is 5.75 Å². The zero-order valence-electron chi connectivity index (χ0n) is 11.7. The number of aliphatic hydroxyl groups is 1. The smallest absolute Gasteiger partial charge is 0.160 e. The van der Waals surface area contributed by atoms with Gasteiger partial charge in [-0.2, -0.15) is 0 Å². The Kier molecular flexibility index (Phi) is 5.44. The van der Waals surface area contributed by atoms with Crippen LogP contribution in [0.2, 0.25) is 5.02 Å². The molecule has 5 heteroatoms. The molecule has 0 aromatic heterocycles. The van der Waals surface area contributed by atoms with E-state index in [0.717, 1.165) is 11.1 Å². The molecule has 0 fully saturated rings. The first-order valence-electron chi connectivity index (χ1n) is 6.60. The summed E-state index contributed by atoms with van der Waals surface area (Å²) in [7, 11) is 1.51. The summed E-state index contributed by atoms with van der Waals surface area (Å²) in [6.45, 7) is 0.955. The number of nitrogens with one attached hydrogen (secondary N) is 1. The molecule has 0 aliphatic rings. The number of benzene rings is 2. The van der Waals surface area contributed by atoms with Crippen LogP contribution in [0.25, 0.3) is 0 Å². The molecule has 0 bridgehead atoms. The standard InChI is InChI=1S/C16H18ClNO3/c1-21-16-7-2-11(8-14(16)19)9-18-10-15(20)12-3-5-13(17)6-4-12/h2-8,15,18-20H,9-10H2,1H3/t15-/m0/s1. The molecule has 21 heavy (non-hydrogen) atoms. The van der Waals surface area contributed by atoms with E-state index in [4.69, 9.17) is 16.3 Å². The summed E-state index contributed by atoms with van der Waals surface area (Å²) < 4.78 is 4.99. The molecule has 0 spiro atoms. The van der Waals surface area contributed by atoms with Crippen molar-refractivity contribution in [1.82, 2.24) is 5.32 Å². The molecule has 0 unspecified atom stereocenters. The van der Waals surface area contributed by atoms with Gasteiger partial charge in [-0.05, 0) is 35.4 Å². The van der Waals surface area contributed by atoms with Crippen LogP contribution in [0.3, 0.4) is 0 Å². The summed E-state index contributed by atoms with van der Waals surface area (Å²) in [6.07, 6.45) is -0.603. The van der Waals surface area contributed by atoms with Crippen LogP contribution < -0.4 is 10.1 Å². The number of aliphatic hydroxyl groups excluding tert-OH is 1. The molecule has 112 valence electrons. The maximum Gasteiger partial charge on any atom is 0.160 e. The highest BCUT2D eigenvalue weighted by atomic mass is 35.5. The normalized spacial score (nSPS) is 12.1. The molecule has 0 radical (unpaired) electrons. The van der Waals surface area contributed by atoms with Crippen molar-refractivity contribution in [2.24, 2.45) is 0 Å². The Balaban J connectivity index is 1.86. The molecular weight excluding hydrogens is 290 g/mol. The Hall–Kier alpha value is -1.75. The molecule has 0 amide bonds. The van der Waals surface area contributed by atoms with Crippen molar-refractivity contribution < 1.29 is 14.9 Å². The highest BCUT2D eigenvalue weighted by Gasteiger charge is 2.07. The van der Waals surface area contributed by atoms with E-state index < -0.39 is 6.10 Å². The summed E-state index contributed by atoms with van der Waals surface area (Å²) in [4.78, 5) is 0. The number of rotatable bonds is 6. The monoisotopic (exact) mass is 307 g/mol. The summed E-state index contributed by atoms with van der Waals surface area (Å²) in [5, 5.41) is 23.5. The van der Waals surface area contributed by atoms with Gasteiger partial charge < -0.3 is 20.3 Å². The SMILES string of the molecule is COc1ccc(CNC[C@H](O)c2ccc(Cl)cc2)cc1O. The van der Waals surface area contributed by atoms with Gasteiger partial charge in [0, 0.05) is 18.1 Å². The zero-order valence-corrected chi connectivity index (χ0v) is 12.5. The Morgan fingerprint density at radius 2 is 1.90 bits per heavy atom. The van der Waals surface area contributed by atoms with Gasteiger partial charge in [0.2, 0.25) is 0 Å². The average molecular weight is 308 g/mol. The highest BCUT2D eigenvalue weighted by molar-refractivity contribution is 6.30. The molecule has 2 aromatic carbocycles. The number of halogens is 1. The zero-order chi connectivity index (χ0) is 15.2. The Labute approximate surface area is 129 Å². The van der Waals surface area contributed by atoms with Crippen molar-refractivity contribution in [3.8, 4) is 11.5 Å². The quantitative estimate of drug-likeness (QED) is 0.768. The van der Waals surface area contributed by atoms with Crippen LogP contribution in [-0.4, -0.2) is 23.9 Å². The maximum absolute atomic E-state index is 10.1. The predicted molar refractivity (Wildman–Crippen MR) is 82.8 cm³/mol. The maximum atomic E-state index is 10.1. The molecule has 2 rings (SSSR count). The topological polar surface area (TPSA) is 61.7 Å². The first-order chi connectivity index (χ1) is 10.1. The second-order valence-electron chi connectivity index (χ2n) is 4.70. The second kappa shape index (κ2) is 7.31. The number of phenols is 1. The fourth-order valence-electron chi connectivity index (χ4n) is 2.00. The molecule has 0 saturated heterocycles. The number of hydrogen-bond acceptors (Lipinski definition) is 4. The van der Waals surface area contributed by atoms with Crippen molar-refractivity contribution in [3.05, 3.63) is 58.6 Å². The van der Waals surface area contributed by atoms with Gasteiger partial charge >= 0.3 is 0 Å². The minimum absolute atomic E-state index is 0.107. The predicted octanol–water partition coefficient (Wildman–Crippen LogP) is 2.88. The minimum atomic E-state index is -0.603. The Bertz CT molecular complexity index is 587. The number of aromatic hydroxyl groups is 1. The van der Waals surface area contributed by atoms with Gasteiger partial charge in [0.1, 0.15) is 0 Å². The van der Waals surface area contributed by atoms with Crippen LogP contribution in [0.15, 0.2) is 42.5 Å². The molecule has 3 N–H and O–H groups in total. The van der Waals surface area contributed by atoms with Gasteiger partial charge in [-0.15, -0.1) is 0 Å². The number of methoxy groups -OCH3 is 1. The van der Waals surface area contributed by atoms with Crippen LogP contribution in [0.1, 0.15) is 17.2 Å². The second-order valence-corrected chi connectivity index (χ2v) is 5.14. The lowest BCUT2D eigenvalue weighted by atomic mass is 10.1. The summed E-state index contributed by atoms with van der Waals surface area (Å²) in [5.41, 5.74) is 1.72. The third-order valence-electron chi connectivity index (χ3n) is 3.16. The van der Waals surface area contributed by atoms with E-state index in [1.807, 2.05) is 6.07 Å². The molecule has 1 atom stereocenters.